The molecule has 0 unspecified atom stereocenters. The van der Waals surface area contributed by atoms with Crippen molar-refractivity contribution < 1.29 is 38.8 Å². The number of esters is 1. The van der Waals surface area contributed by atoms with E-state index in [1.807, 2.05) is 0 Å². The highest BCUT2D eigenvalue weighted by Gasteiger charge is 2.36. The Hall–Kier alpha value is -4.57. The number of rotatable bonds is 5. The molecule has 0 atom stereocenters. The van der Waals surface area contributed by atoms with Crippen molar-refractivity contribution in [2.75, 3.05) is 7.11 Å². The molecule has 0 aliphatic carbocycles. The van der Waals surface area contributed by atoms with E-state index in [4.69, 9.17) is 31.7 Å². The zero-order valence-electron chi connectivity index (χ0n) is 19.2. The highest BCUT2D eigenvalue weighted by atomic mass is 35.5. The van der Waals surface area contributed by atoms with Gasteiger partial charge in [0.2, 0.25) is 5.78 Å². The molecule has 184 valence electrons. The molecule has 0 radical (unpaired) electrons. The third-order valence-electron chi connectivity index (χ3n) is 5.64. The van der Waals surface area contributed by atoms with Gasteiger partial charge in [-0.15, -0.1) is 0 Å². The van der Waals surface area contributed by atoms with Crippen LogP contribution in [0.4, 0.5) is 0 Å². The number of aryl methyl sites for hydroxylation is 1. The van der Waals surface area contributed by atoms with E-state index < -0.39 is 29.2 Å². The van der Waals surface area contributed by atoms with Gasteiger partial charge < -0.3 is 30.3 Å². The summed E-state index contributed by atoms with van der Waals surface area (Å²) in [6.45, 7) is 3.06. The number of nitrogens with zero attached hydrogens (tertiary/aromatic N) is 1. The number of Topliss-reactive ketones (excluding diaryl/α,β-unsaturated/α-hetero) is 1. The zero-order valence-corrected chi connectivity index (χ0v) is 20.0. The SMILES string of the molecule is COc1cc(C(=O)O)c2c(c1C)OC(=O)c1c(C)cc(O)c(C(=NN)C(=O)c3ccc(Cl)cc3)c1O2. The van der Waals surface area contributed by atoms with Crippen molar-refractivity contribution in [1.82, 2.24) is 0 Å². The van der Waals surface area contributed by atoms with Crippen LogP contribution in [0.15, 0.2) is 41.5 Å². The minimum Gasteiger partial charge on any atom is -0.507 e. The number of ether oxygens (including phenoxy) is 3. The molecular formula is C25H19ClN2O8. The van der Waals surface area contributed by atoms with Gasteiger partial charge in [0.05, 0.1) is 12.7 Å². The van der Waals surface area contributed by atoms with E-state index in [9.17, 15) is 24.6 Å². The third kappa shape index (κ3) is 3.97. The lowest BCUT2D eigenvalue weighted by Crippen LogP contribution is -2.20. The van der Waals surface area contributed by atoms with E-state index in [2.05, 4.69) is 5.10 Å². The Bertz CT molecular complexity index is 1480. The van der Waals surface area contributed by atoms with Crippen LogP contribution < -0.4 is 20.1 Å². The smallest absolute Gasteiger partial charge is 0.347 e. The molecule has 0 saturated carbocycles. The summed E-state index contributed by atoms with van der Waals surface area (Å²) in [4.78, 5) is 38.6. The molecule has 0 saturated heterocycles. The molecule has 4 N–H and O–H groups in total. The highest BCUT2D eigenvalue weighted by Crippen LogP contribution is 2.48. The first-order valence-corrected chi connectivity index (χ1v) is 10.8. The fourth-order valence-corrected chi connectivity index (χ4v) is 4.01. The number of carbonyl (C=O) groups is 3. The summed E-state index contributed by atoms with van der Waals surface area (Å²) in [5.74, 6) is 1.38. The minimum absolute atomic E-state index is 0.140. The van der Waals surface area contributed by atoms with Crippen molar-refractivity contribution in [1.29, 1.82) is 0 Å². The van der Waals surface area contributed by atoms with Crippen molar-refractivity contribution in [3.63, 3.8) is 0 Å². The number of phenols is 1. The number of ketones is 1. The Kier molecular flexibility index (Phi) is 6.30. The number of phenolic OH excluding ortho intramolecular Hbond substituents is 1. The molecule has 0 fully saturated rings. The molecular weight excluding hydrogens is 492 g/mol. The van der Waals surface area contributed by atoms with Gasteiger partial charge in [-0.25, -0.2) is 9.59 Å². The lowest BCUT2D eigenvalue weighted by Gasteiger charge is -2.18. The van der Waals surface area contributed by atoms with Crippen molar-refractivity contribution in [2.45, 2.75) is 13.8 Å². The van der Waals surface area contributed by atoms with Gasteiger partial charge >= 0.3 is 11.9 Å². The van der Waals surface area contributed by atoms with Crippen LogP contribution in [0.25, 0.3) is 0 Å². The molecule has 0 amide bonds. The van der Waals surface area contributed by atoms with Gasteiger partial charge in [-0.2, -0.15) is 5.10 Å². The van der Waals surface area contributed by atoms with Gasteiger partial charge in [0.25, 0.3) is 0 Å². The Morgan fingerprint density at radius 3 is 2.31 bits per heavy atom. The summed E-state index contributed by atoms with van der Waals surface area (Å²) in [6, 6.07) is 8.27. The molecule has 0 spiro atoms. The Morgan fingerprint density at radius 1 is 1.06 bits per heavy atom. The number of hydrogen-bond donors (Lipinski definition) is 3. The molecule has 3 aromatic rings. The van der Waals surface area contributed by atoms with Crippen LogP contribution in [0.3, 0.4) is 0 Å². The standard InChI is InChI=1S/C25H19ClN2O8/c1-10-8-15(29)18(19(28-27)20(30)12-4-6-13(26)7-5-12)23-17(10)25(33)36-21-11(2)16(34-3)9-14(24(31)32)22(21)35-23/h4-9,29H,27H2,1-3H3,(H,31,32). The minimum atomic E-state index is -1.40. The summed E-state index contributed by atoms with van der Waals surface area (Å²) >= 11 is 5.91. The van der Waals surface area contributed by atoms with Crippen LogP contribution in [-0.2, 0) is 0 Å². The number of halogens is 1. The Balaban J connectivity index is 2.01. The van der Waals surface area contributed by atoms with Crippen LogP contribution in [0.1, 0.15) is 47.8 Å². The second-order valence-corrected chi connectivity index (χ2v) is 8.25. The van der Waals surface area contributed by atoms with Crippen LogP contribution in [0.2, 0.25) is 5.02 Å². The number of fused-ring (bicyclic) bond motifs is 2. The third-order valence-corrected chi connectivity index (χ3v) is 5.89. The number of aromatic hydroxyl groups is 1. The largest absolute Gasteiger partial charge is 0.507 e. The fraction of sp³-hybridized carbons (Fsp3) is 0.120. The maximum atomic E-state index is 13.3. The number of hydrazone groups is 1. The highest BCUT2D eigenvalue weighted by molar-refractivity contribution is 6.52. The van der Waals surface area contributed by atoms with Gasteiger partial charge in [0.15, 0.2) is 17.2 Å². The Morgan fingerprint density at radius 2 is 1.72 bits per heavy atom. The monoisotopic (exact) mass is 510 g/mol. The van der Waals surface area contributed by atoms with E-state index >= 15 is 0 Å². The fourth-order valence-electron chi connectivity index (χ4n) is 3.88. The predicted molar refractivity (Wildman–Crippen MR) is 129 cm³/mol. The lowest BCUT2D eigenvalue weighted by molar-refractivity contribution is 0.0685. The molecule has 1 aliphatic heterocycles. The van der Waals surface area contributed by atoms with E-state index in [-0.39, 0.29) is 50.8 Å². The van der Waals surface area contributed by atoms with Gasteiger partial charge in [-0.05, 0) is 55.8 Å². The number of benzene rings is 3. The molecule has 4 rings (SSSR count). The predicted octanol–water partition coefficient (Wildman–Crippen LogP) is 4.24. The van der Waals surface area contributed by atoms with Crippen LogP contribution in [0, 0.1) is 13.8 Å². The van der Waals surface area contributed by atoms with E-state index in [1.54, 1.807) is 6.92 Å². The maximum absolute atomic E-state index is 13.3. The number of nitrogens with two attached hydrogens (primary N) is 1. The molecule has 1 aliphatic rings. The summed E-state index contributed by atoms with van der Waals surface area (Å²) in [5.41, 5.74) is -0.611. The topological polar surface area (TPSA) is 158 Å². The van der Waals surface area contributed by atoms with Crippen molar-refractivity contribution >= 4 is 35.0 Å². The molecule has 0 aromatic heterocycles. The zero-order chi connectivity index (χ0) is 26.3. The number of carbonyl (C=O) groups excluding carboxylic acids is 2. The second-order valence-electron chi connectivity index (χ2n) is 7.81. The Labute approximate surface area is 209 Å². The number of hydrogen-bond acceptors (Lipinski definition) is 9. The van der Waals surface area contributed by atoms with Gasteiger partial charge in [-0.3, -0.25) is 4.79 Å². The quantitative estimate of drug-likeness (QED) is 0.114. The first kappa shape index (κ1) is 24.6. The van der Waals surface area contributed by atoms with Crippen molar-refractivity contribution in [2.24, 2.45) is 10.9 Å². The van der Waals surface area contributed by atoms with Crippen molar-refractivity contribution in [3.05, 3.63) is 74.8 Å². The van der Waals surface area contributed by atoms with E-state index in [1.165, 1.54) is 50.4 Å². The molecule has 10 nitrogen and oxygen atoms in total. The van der Waals surface area contributed by atoms with Crippen molar-refractivity contribution in [3.8, 4) is 28.7 Å². The molecule has 0 bridgehead atoms. The average molecular weight is 511 g/mol. The van der Waals surface area contributed by atoms with E-state index in [0.29, 0.717) is 10.6 Å². The summed E-state index contributed by atoms with van der Waals surface area (Å²) in [6.07, 6.45) is 0. The van der Waals surface area contributed by atoms with Gasteiger partial charge in [-0.1, -0.05) is 11.6 Å². The summed E-state index contributed by atoms with van der Waals surface area (Å²) in [5, 5.41) is 24.6. The van der Waals surface area contributed by atoms with Gasteiger partial charge in [0, 0.05) is 16.1 Å². The van der Waals surface area contributed by atoms with Gasteiger partial charge in [0.1, 0.15) is 28.3 Å². The number of methoxy groups -OCH3 is 1. The molecule has 1 heterocycles. The van der Waals surface area contributed by atoms with Crippen LogP contribution >= 0.6 is 11.6 Å². The second kappa shape index (κ2) is 9.23. The molecule has 3 aromatic carbocycles. The normalized spacial score (nSPS) is 12.6. The first-order chi connectivity index (χ1) is 17.1. The molecule has 11 heteroatoms. The maximum Gasteiger partial charge on any atom is 0.347 e. The van der Waals surface area contributed by atoms with E-state index in [0.717, 1.165) is 0 Å². The lowest BCUT2D eigenvalue weighted by atomic mass is 9.94. The van der Waals surface area contributed by atoms with Crippen LogP contribution in [-0.4, -0.2) is 40.8 Å². The average Bonchev–Trinajstić information content (AvgIpc) is 2.98. The number of aromatic carboxylic acids is 1. The molecule has 36 heavy (non-hydrogen) atoms. The number of carboxylic acid groups (broad SMARTS) is 1. The van der Waals surface area contributed by atoms with Crippen LogP contribution in [0.5, 0.6) is 28.7 Å². The summed E-state index contributed by atoms with van der Waals surface area (Å²) in [7, 11) is 1.33. The number of carboxylic acids is 1. The first-order valence-electron chi connectivity index (χ1n) is 10.4. The summed E-state index contributed by atoms with van der Waals surface area (Å²) < 4.78 is 16.7.